The summed E-state index contributed by atoms with van der Waals surface area (Å²) in [7, 11) is 2.88. The fraction of sp³-hybridized carbons (Fsp3) is 0.136. The van der Waals surface area contributed by atoms with Crippen molar-refractivity contribution < 1.29 is 28.5 Å². The van der Waals surface area contributed by atoms with Gasteiger partial charge in [0.25, 0.3) is 0 Å². The quantitative estimate of drug-likeness (QED) is 0.423. The van der Waals surface area contributed by atoms with Crippen LogP contribution in [0, 0.1) is 0 Å². The first-order valence-electron chi connectivity index (χ1n) is 8.70. The maximum absolute atomic E-state index is 12.2. The Hall–Kier alpha value is -3.87. The molecule has 0 aliphatic carbocycles. The molecule has 1 heterocycles. The van der Waals surface area contributed by atoms with Crippen LogP contribution >= 0.6 is 0 Å². The first-order valence-corrected chi connectivity index (χ1v) is 8.70. The summed E-state index contributed by atoms with van der Waals surface area (Å²) in [5, 5.41) is 0. The molecule has 0 fully saturated rings. The van der Waals surface area contributed by atoms with Gasteiger partial charge in [0, 0.05) is 13.0 Å². The van der Waals surface area contributed by atoms with Gasteiger partial charge in [-0.15, -0.1) is 0 Å². The van der Waals surface area contributed by atoms with E-state index in [0.717, 1.165) is 5.56 Å². The predicted molar refractivity (Wildman–Crippen MR) is 108 cm³/mol. The number of rotatable bonds is 6. The molecule has 0 bridgehead atoms. The summed E-state index contributed by atoms with van der Waals surface area (Å²) in [6.07, 6.45) is 4.96. The highest BCUT2D eigenvalue weighted by Crippen LogP contribution is 2.39. The molecule has 2 aromatic rings. The Kier molecular flexibility index (Phi) is 6.09. The minimum atomic E-state index is -0.570. The largest absolute Gasteiger partial charge is 0.493 e. The molecule has 0 saturated heterocycles. The van der Waals surface area contributed by atoms with Gasteiger partial charge in [-0.1, -0.05) is 30.3 Å². The number of benzene rings is 2. The third-order valence-corrected chi connectivity index (χ3v) is 3.89. The molecule has 0 atom stereocenters. The lowest BCUT2D eigenvalue weighted by molar-refractivity contribution is -0.132. The van der Waals surface area contributed by atoms with E-state index in [-0.39, 0.29) is 28.8 Å². The average molecular weight is 393 g/mol. The zero-order valence-electron chi connectivity index (χ0n) is 16.2. The summed E-state index contributed by atoms with van der Waals surface area (Å²) < 4.78 is 20.9. The number of hydrogen-bond acceptors (Lipinski definition) is 7. The summed E-state index contributed by atoms with van der Waals surface area (Å²) in [6, 6.07) is 12.8. The van der Waals surface area contributed by atoms with Gasteiger partial charge in [-0.2, -0.15) is 0 Å². The van der Waals surface area contributed by atoms with Gasteiger partial charge in [-0.3, -0.25) is 4.79 Å². The first-order chi connectivity index (χ1) is 14.0. The number of carbonyl (C=O) groups excluding carboxylic acids is 2. The summed E-state index contributed by atoms with van der Waals surface area (Å²) in [6.45, 7) is 1.28. The number of hydrogen-bond donors (Lipinski definition) is 0. The van der Waals surface area contributed by atoms with E-state index in [9.17, 15) is 9.59 Å². The molecule has 0 N–H and O–H groups in total. The number of aliphatic imine (C=N–C) groups is 1. The lowest BCUT2D eigenvalue weighted by Gasteiger charge is -2.13. The van der Waals surface area contributed by atoms with Crippen molar-refractivity contribution in [3.05, 3.63) is 65.4 Å². The fourth-order valence-electron chi connectivity index (χ4n) is 2.61. The summed E-state index contributed by atoms with van der Waals surface area (Å²) >= 11 is 0. The van der Waals surface area contributed by atoms with Crippen molar-refractivity contribution in [1.82, 2.24) is 0 Å². The molecular formula is C22H19NO6. The molecule has 29 heavy (non-hydrogen) atoms. The van der Waals surface area contributed by atoms with Crippen molar-refractivity contribution in [2.75, 3.05) is 14.2 Å². The lowest BCUT2D eigenvalue weighted by Crippen LogP contribution is -2.05. The molecule has 1 aliphatic heterocycles. The highest BCUT2D eigenvalue weighted by molar-refractivity contribution is 6.11. The zero-order valence-corrected chi connectivity index (χ0v) is 16.2. The number of carbonyl (C=O) groups is 2. The van der Waals surface area contributed by atoms with Gasteiger partial charge in [0.1, 0.15) is 0 Å². The van der Waals surface area contributed by atoms with Crippen molar-refractivity contribution in [1.29, 1.82) is 0 Å². The summed E-state index contributed by atoms with van der Waals surface area (Å²) in [5.41, 5.74) is 1.65. The van der Waals surface area contributed by atoms with Gasteiger partial charge in [-0.25, -0.2) is 9.79 Å². The minimum Gasteiger partial charge on any atom is -0.493 e. The van der Waals surface area contributed by atoms with Crippen LogP contribution in [-0.2, 0) is 14.3 Å². The first kappa shape index (κ1) is 19.9. The van der Waals surface area contributed by atoms with Gasteiger partial charge in [0.15, 0.2) is 17.2 Å². The summed E-state index contributed by atoms with van der Waals surface area (Å²) in [5.74, 6) is -0.155. The van der Waals surface area contributed by atoms with Gasteiger partial charge in [0.2, 0.25) is 11.6 Å². The lowest BCUT2D eigenvalue weighted by atomic mass is 10.1. The van der Waals surface area contributed by atoms with E-state index in [0.29, 0.717) is 5.56 Å². The molecule has 1 aliphatic rings. The van der Waals surface area contributed by atoms with Gasteiger partial charge < -0.3 is 18.9 Å². The third kappa shape index (κ3) is 4.90. The predicted octanol–water partition coefficient (Wildman–Crippen LogP) is 3.64. The number of nitrogens with zero attached hydrogens (tertiary/aromatic N) is 1. The number of ether oxygens (including phenoxy) is 4. The molecule has 7 nitrogen and oxygen atoms in total. The Morgan fingerprint density at radius 3 is 2.24 bits per heavy atom. The maximum Gasteiger partial charge on any atom is 0.363 e. The fourth-order valence-corrected chi connectivity index (χ4v) is 2.61. The molecule has 148 valence electrons. The molecule has 7 heteroatoms. The molecule has 0 spiro atoms. The Labute approximate surface area is 167 Å². The SMILES string of the molecule is COc1cc(/C=C2N=C(/C=C/c3ccccc3)OC\2=O)cc(OC)c1OC(C)=O. The van der Waals surface area contributed by atoms with Crippen LogP contribution in [0.25, 0.3) is 12.2 Å². The van der Waals surface area contributed by atoms with E-state index in [1.54, 1.807) is 24.3 Å². The van der Waals surface area contributed by atoms with Crippen LogP contribution in [0.2, 0.25) is 0 Å². The molecular weight excluding hydrogens is 374 g/mol. The van der Waals surface area contributed by atoms with Crippen molar-refractivity contribution in [3.8, 4) is 17.2 Å². The van der Waals surface area contributed by atoms with Crippen LogP contribution in [0.15, 0.2) is 59.2 Å². The van der Waals surface area contributed by atoms with Crippen LogP contribution in [0.4, 0.5) is 0 Å². The summed E-state index contributed by atoms with van der Waals surface area (Å²) in [4.78, 5) is 27.7. The normalized spacial score (nSPS) is 14.7. The molecule has 2 aromatic carbocycles. The van der Waals surface area contributed by atoms with Crippen LogP contribution in [0.5, 0.6) is 17.2 Å². The van der Waals surface area contributed by atoms with Crippen LogP contribution in [0.1, 0.15) is 18.1 Å². The Morgan fingerprint density at radius 2 is 1.66 bits per heavy atom. The highest BCUT2D eigenvalue weighted by Gasteiger charge is 2.22. The molecule has 0 aromatic heterocycles. The van der Waals surface area contributed by atoms with E-state index in [1.807, 2.05) is 30.3 Å². The minimum absolute atomic E-state index is 0.127. The van der Waals surface area contributed by atoms with E-state index in [1.165, 1.54) is 27.2 Å². The average Bonchev–Trinajstić information content (AvgIpc) is 3.06. The molecule has 0 saturated carbocycles. The number of cyclic esters (lactones) is 1. The third-order valence-electron chi connectivity index (χ3n) is 3.89. The van der Waals surface area contributed by atoms with Crippen molar-refractivity contribution in [3.63, 3.8) is 0 Å². The smallest absolute Gasteiger partial charge is 0.363 e. The van der Waals surface area contributed by atoms with Gasteiger partial charge in [-0.05, 0) is 35.4 Å². The second-order valence-electron chi connectivity index (χ2n) is 5.96. The molecule has 0 amide bonds. The van der Waals surface area contributed by atoms with Crippen molar-refractivity contribution >= 4 is 30.0 Å². The van der Waals surface area contributed by atoms with E-state index < -0.39 is 11.9 Å². The number of esters is 2. The van der Waals surface area contributed by atoms with Crippen LogP contribution in [0.3, 0.4) is 0 Å². The highest BCUT2D eigenvalue weighted by atomic mass is 16.6. The maximum atomic E-state index is 12.2. The van der Waals surface area contributed by atoms with Gasteiger partial charge >= 0.3 is 11.9 Å². The molecule has 0 radical (unpaired) electrons. The monoisotopic (exact) mass is 393 g/mol. The second-order valence-corrected chi connectivity index (χ2v) is 5.96. The Morgan fingerprint density at radius 1 is 1.00 bits per heavy atom. The van der Waals surface area contributed by atoms with E-state index in [2.05, 4.69) is 4.99 Å². The standard InChI is InChI=1S/C22H19NO6/c1-14(24)28-21-18(26-2)12-16(13-19(21)27-3)11-17-22(25)29-20(23-17)10-9-15-7-5-4-6-8-15/h4-13H,1-3H3/b10-9+,17-11-. The van der Waals surface area contributed by atoms with Gasteiger partial charge in [0.05, 0.1) is 14.2 Å². The van der Waals surface area contributed by atoms with Crippen molar-refractivity contribution in [2.24, 2.45) is 4.99 Å². The topological polar surface area (TPSA) is 83.4 Å². The molecule has 3 rings (SSSR count). The van der Waals surface area contributed by atoms with E-state index >= 15 is 0 Å². The second kappa shape index (κ2) is 8.88. The Bertz CT molecular complexity index is 996. The van der Waals surface area contributed by atoms with Crippen LogP contribution in [-0.4, -0.2) is 32.1 Å². The zero-order chi connectivity index (χ0) is 20.8. The van der Waals surface area contributed by atoms with Crippen molar-refractivity contribution in [2.45, 2.75) is 6.92 Å². The molecule has 0 unspecified atom stereocenters. The number of methoxy groups -OCH3 is 2. The Balaban J connectivity index is 1.90. The van der Waals surface area contributed by atoms with Crippen LogP contribution < -0.4 is 14.2 Å². The van der Waals surface area contributed by atoms with E-state index in [4.69, 9.17) is 18.9 Å².